The van der Waals surface area contributed by atoms with E-state index >= 15 is 0 Å². The average Bonchev–Trinajstić information content (AvgIpc) is 2.80. The SMILES string of the molecule is CC(C)(C)c1cc(CN)cc(OC2CCCC2)n1. The zero-order chi connectivity index (χ0) is 13.2. The van der Waals surface area contributed by atoms with Crippen LogP contribution in [0, 0.1) is 0 Å². The highest BCUT2D eigenvalue weighted by Gasteiger charge is 2.20. The monoisotopic (exact) mass is 248 g/mol. The first-order chi connectivity index (χ1) is 8.49. The van der Waals surface area contributed by atoms with Crippen molar-refractivity contribution in [3.05, 3.63) is 23.4 Å². The molecule has 18 heavy (non-hydrogen) atoms. The molecule has 0 bridgehead atoms. The summed E-state index contributed by atoms with van der Waals surface area (Å²) in [5, 5.41) is 0. The second-order valence-corrected chi connectivity index (χ2v) is 6.18. The largest absolute Gasteiger partial charge is 0.474 e. The van der Waals surface area contributed by atoms with E-state index in [4.69, 9.17) is 10.5 Å². The number of hydrogen-bond donors (Lipinski definition) is 1. The zero-order valence-corrected chi connectivity index (χ0v) is 11.7. The van der Waals surface area contributed by atoms with Crippen LogP contribution in [-0.2, 0) is 12.0 Å². The van der Waals surface area contributed by atoms with Crippen molar-refractivity contribution in [3.63, 3.8) is 0 Å². The van der Waals surface area contributed by atoms with Gasteiger partial charge in [-0.25, -0.2) is 4.98 Å². The minimum Gasteiger partial charge on any atom is -0.474 e. The molecule has 2 N–H and O–H groups in total. The Bertz CT molecular complexity index is 403. The summed E-state index contributed by atoms with van der Waals surface area (Å²) in [5.74, 6) is 0.745. The highest BCUT2D eigenvalue weighted by Crippen LogP contribution is 2.27. The van der Waals surface area contributed by atoms with Crippen molar-refractivity contribution in [2.24, 2.45) is 5.73 Å². The van der Waals surface area contributed by atoms with Crippen LogP contribution in [0.25, 0.3) is 0 Å². The minimum atomic E-state index is 0.0268. The smallest absolute Gasteiger partial charge is 0.214 e. The van der Waals surface area contributed by atoms with E-state index in [1.807, 2.05) is 6.07 Å². The molecule has 3 nitrogen and oxygen atoms in total. The van der Waals surface area contributed by atoms with Crippen LogP contribution in [0.2, 0.25) is 0 Å². The average molecular weight is 248 g/mol. The fourth-order valence-corrected chi connectivity index (χ4v) is 2.30. The van der Waals surface area contributed by atoms with E-state index in [9.17, 15) is 0 Å². The summed E-state index contributed by atoms with van der Waals surface area (Å²) < 4.78 is 5.99. The molecule has 0 aliphatic heterocycles. The third-order valence-electron chi connectivity index (χ3n) is 3.46. The van der Waals surface area contributed by atoms with Crippen LogP contribution in [0.5, 0.6) is 5.88 Å². The quantitative estimate of drug-likeness (QED) is 0.893. The first-order valence-corrected chi connectivity index (χ1v) is 6.87. The number of nitrogens with zero attached hydrogens (tertiary/aromatic N) is 1. The van der Waals surface area contributed by atoms with Crippen molar-refractivity contribution >= 4 is 0 Å². The van der Waals surface area contributed by atoms with Gasteiger partial charge in [0.25, 0.3) is 0 Å². The number of hydrogen-bond acceptors (Lipinski definition) is 3. The van der Waals surface area contributed by atoms with Crippen LogP contribution in [0.15, 0.2) is 12.1 Å². The summed E-state index contributed by atoms with van der Waals surface area (Å²) in [6.07, 6.45) is 5.19. The predicted molar refractivity (Wildman–Crippen MR) is 73.7 cm³/mol. The van der Waals surface area contributed by atoms with Gasteiger partial charge in [0, 0.05) is 18.0 Å². The number of ether oxygens (including phenoxy) is 1. The Morgan fingerprint density at radius 3 is 2.50 bits per heavy atom. The lowest BCUT2D eigenvalue weighted by molar-refractivity contribution is 0.200. The van der Waals surface area contributed by atoms with Crippen LogP contribution in [0.1, 0.15) is 57.7 Å². The first kappa shape index (κ1) is 13.3. The number of pyridine rings is 1. The Morgan fingerprint density at radius 2 is 1.94 bits per heavy atom. The molecule has 0 spiro atoms. The van der Waals surface area contributed by atoms with Gasteiger partial charge in [-0.15, -0.1) is 0 Å². The lowest BCUT2D eigenvalue weighted by Crippen LogP contribution is -2.18. The topological polar surface area (TPSA) is 48.1 Å². The standard InChI is InChI=1S/C15H24N2O/c1-15(2,3)13-8-11(10-16)9-14(17-13)18-12-6-4-5-7-12/h8-9,12H,4-7,10,16H2,1-3H3. The van der Waals surface area contributed by atoms with E-state index in [0.717, 1.165) is 30.0 Å². The summed E-state index contributed by atoms with van der Waals surface area (Å²) in [4.78, 5) is 4.64. The van der Waals surface area contributed by atoms with Gasteiger partial charge in [0.2, 0.25) is 5.88 Å². The fourth-order valence-electron chi connectivity index (χ4n) is 2.30. The van der Waals surface area contributed by atoms with Gasteiger partial charge in [-0.3, -0.25) is 0 Å². The molecule has 3 heteroatoms. The van der Waals surface area contributed by atoms with Crippen molar-refractivity contribution in [1.29, 1.82) is 0 Å². The molecule has 1 aliphatic carbocycles. The maximum absolute atomic E-state index is 5.99. The van der Waals surface area contributed by atoms with Gasteiger partial charge in [0.1, 0.15) is 6.10 Å². The van der Waals surface area contributed by atoms with E-state index in [1.54, 1.807) is 0 Å². The Morgan fingerprint density at radius 1 is 1.28 bits per heavy atom. The number of aromatic nitrogens is 1. The molecule has 2 rings (SSSR count). The van der Waals surface area contributed by atoms with Gasteiger partial charge in [0.15, 0.2) is 0 Å². The van der Waals surface area contributed by atoms with Gasteiger partial charge in [-0.05, 0) is 37.3 Å². The molecule has 1 heterocycles. The second-order valence-electron chi connectivity index (χ2n) is 6.18. The van der Waals surface area contributed by atoms with Crippen molar-refractivity contribution < 1.29 is 4.74 Å². The maximum Gasteiger partial charge on any atom is 0.214 e. The van der Waals surface area contributed by atoms with Crippen molar-refractivity contribution in [2.45, 2.75) is 64.5 Å². The van der Waals surface area contributed by atoms with E-state index < -0.39 is 0 Å². The Balaban J connectivity index is 2.23. The van der Waals surface area contributed by atoms with Crippen LogP contribution in [0.4, 0.5) is 0 Å². The summed E-state index contributed by atoms with van der Waals surface area (Å²) >= 11 is 0. The number of rotatable bonds is 3. The second kappa shape index (κ2) is 5.27. The van der Waals surface area contributed by atoms with Crippen molar-refractivity contribution in [3.8, 4) is 5.88 Å². The summed E-state index contributed by atoms with van der Waals surface area (Å²) in [7, 11) is 0. The van der Waals surface area contributed by atoms with E-state index in [-0.39, 0.29) is 5.41 Å². The molecule has 1 aliphatic rings. The van der Waals surface area contributed by atoms with Crippen LogP contribution >= 0.6 is 0 Å². The van der Waals surface area contributed by atoms with Gasteiger partial charge in [-0.2, -0.15) is 0 Å². The fraction of sp³-hybridized carbons (Fsp3) is 0.667. The molecule has 1 aromatic heterocycles. The molecule has 1 aromatic rings. The zero-order valence-electron chi connectivity index (χ0n) is 11.7. The van der Waals surface area contributed by atoms with Crippen molar-refractivity contribution in [2.75, 3.05) is 0 Å². The molecule has 0 unspecified atom stereocenters. The van der Waals surface area contributed by atoms with E-state index in [2.05, 4.69) is 31.8 Å². The summed E-state index contributed by atoms with van der Waals surface area (Å²) in [6.45, 7) is 7.02. The van der Waals surface area contributed by atoms with Gasteiger partial charge in [0.05, 0.1) is 5.69 Å². The highest BCUT2D eigenvalue weighted by atomic mass is 16.5. The predicted octanol–water partition coefficient (Wildman–Crippen LogP) is 3.16. The normalized spacial score (nSPS) is 17.1. The van der Waals surface area contributed by atoms with Crippen molar-refractivity contribution in [1.82, 2.24) is 4.98 Å². The van der Waals surface area contributed by atoms with Gasteiger partial charge < -0.3 is 10.5 Å². The Labute approximate surface area is 110 Å². The molecule has 100 valence electrons. The highest BCUT2D eigenvalue weighted by molar-refractivity contribution is 5.28. The third kappa shape index (κ3) is 3.22. The summed E-state index contributed by atoms with van der Waals surface area (Å²) in [6, 6.07) is 4.06. The number of nitrogens with two attached hydrogens (primary N) is 1. The van der Waals surface area contributed by atoms with E-state index in [1.165, 1.54) is 12.8 Å². The molecule has 0 aromatic carbocycles. The molecular weight excluding hydrogens is 224 g/mol. The third-order valence-corrected chi connectivity index (χ3v) is 3.46. The summed E-state index contributed by atoms with van der Waals surface area (Å²) in [5.41, 5.74) is 7.94. The molecule has 1 fully saturated rings. The molecular formula is C15H24N2O. The van der Waals surface area contributed by atoms with Gasteiger partial charge >= 0.3 is 0 Å². The Kier molecular flexibility index (Phi) is 3.91. The van der Waals surface area contributed by atoms with Crippen LogP contribution in [0.3, 0.4) is 0 Å². The molecule has 1 saturated carbocycles. The Hall–Kier alpha value is -1.09. The molecule has 0 amide bonds. The molecule has 0 radical (unpaired) electrons. The molecule has 0 atom stereocenters. The maximum atomic E-state index is 5.99. The minimum absolute atomic E-state index is 0.0268. The first-order valence-electron chi connectivity index (χ1n) is 6.87. The van der Waals surface area contributed by atoms with Gasteiger partial charge in [-0.1, -0.05) is 20.8 Å². The lowest BCUT2D eigenvalue weighted by atomic mass is 9.91. The molecule has 0 saturated heterocycles. The van der Waals surface area contributed by atoms with Crippen LogP contribution in [-0.4, -0.2) is 11.1 Å². The lowest BCUT2D eigenvalue weighted by Gasteiger charge is -2.21. The van der Waals surface area contributed by atoms with E-state index in [0.29, 0.717) is 12.6 Å². The van der Waals surface area contributed by atoms with Crippen LogP contribution < -0.4 is 10.5 Å².